The van der Waals surface area contributed by atoms with Crippen molar-refractivity contribution in [1.82, 2.24) is 0 Å². The molecule has 0 atom stereocenters. The van der Waals surface area contributed by atoms with Gasteiger partial charge >= 0.3 is 5.97 Å². The van der Waals surface area contributed by atoms with Gasteiger partial charge in [-0.1, -0.05) is 0 Å². The zero-order chi connectivity index (χ0) is 10.9. The number of halogens is 1. The minimum atomic E-state index is -0.874. The first-order chi connectivity index (χ1) is 6.49. The largest absolute Gasteiger partial charge is 0.478 e. The average Bonchev–Trinajstić information content (AvgIpc) is 2.40. The molecule has 0 saturated heterocycles. The van der Waals surface area contributed by atoms with Crippen LogP contribution in [0.5, 0.6) is 0 Å². The third-order valence-corrected chi connectivity index (χ3v) is 4.19. The van der Waals surface area contributed by atoms with Crippen LogP contribution in [0.4, 0.5) is 5.00 Å². The highest BCUT2D eigenvalue weighted by Crippen LogP contribution is 2.38. The van der Waals surface area contributed by atoms with Crippen LogP contribution in [-0.2, 0) is 0 Å². The zero-order valence-corrected chi connectivity index (χ0v) is 10.7. The summed E-state index contributed by atoms with van der Waals surface area (Å²) >= 11 is 4.74. The van der Waals surface area contributed by atoms with Crippen molar-refractivity contribution in [3.05, 3.63) is 14.9 Å². The van der Waals surface area contributed by atoms with Gasteiger partial charge in [0.05, 0.1) is 14.4 Å². The topological polar surface area (TPSA) is 40.5 Å². The van der Waals surface area contributed by atoms with Crippen molar-refractivity contribution in [1.29, 1.82) is 0 Å². The highest BCUT2D eigenvalue weighted by molar-refractivity contribution is 9.11. The molecular weight excluding hydrogens is 266 g/mol. The SMILES string of the molecule is CCN(C)c1sc(Br)c(C(=O)O)c1C. The van der Waals surface area contributed by atoms with Crippen LogP contribution >= 0.6 is 27.3 Å². The smallest absolute Gasteiger partial charge is 0.338 e. The van der Waals surface area contributed by atoms with Crippen LogP contribution in [0.25, 0.3) is 0 Å². The van der Waals surface area contributed by atoms with Crippen molar-refractivity contribution in [3.8, 4) is 0 Å². The van der Waals surface area contributed by atoms with E-state index in [9.17, 15) is 4.79 Å². The molecule has 0 aliphatic carbocycles. The van der Waals surface area contributed by atoms with E-state index in [4.69, 9.17) is 5.11 Å². The summed E-state index contributed by atoms with van der Waals surface area (Å²) in [4.78, 5) is 13.0. The molecule has 1 aromatic rings. The van der Waals surface area contributed by atoms with Gasteiger partial charge in [-0.15, -0.1) is 11.3 Å². The van der Waals surface area contributed by atoms with E-state index in [1.54, 1.807) is 0 Å². The first-order valence-electron chi connectivity index (χ1n) is 4.22. The van der Waals surface area contributed by atoms with Gasteiger partial charge in [0.1, 0.15) is 0 Å². The van der Waals surface area contributed by atoms with Crippen molar-refractivity contribution >= 4 is 38.2 Å². The standard InChI is InChI=1S/C9H12BrNO2S/c1-4-11(3)8-5(2)6(9(12)13)7(10)14-8/h4H2,1-3H3,(H,12,13). The molecule has 5 heteroatoms. The molecule has 0 saturated carbocycles. The van der Waals surface area contributed by atoms with Crippen molar-refractivity contribution in [2.75, 3.05) is 18.5 Å². The van der Waals surface area contributed by atoms with E-state index < -0.39 is 5.97 Å². The van der Waals surface area contributed by atoms with Crippen LogP contribution in [0.15, 0.2) is 3.79 Å². The second-order valence-electron chi connectivity index (χ2n) is 3.00. The van der Waals surface area contributed by atoms with Gasteiger partial charge in [0, 0.05) is 13.6 Å². The van der Waals surface area contributed by atoms with Crippen LogP contribution in [-0.4, -0.2) is 24.7 Å². The Balaban J connectivity index is 3.23. The lowest BCUT2D eigenvalue weighted by atomic mass is 10.2. The molecule has 0 unspecified atom stereocenters. The summed E-state index contributed by atoms with van der Waals surface area (Å²) < 4.78 is 0.692. The number of carboxylic acid groups (broad SMARTS) is 1. The van der Waals surface area contributed by atoms with Gasteiger partial charge in [0.25, 0.3) is 0 Å². The Morgan fingerprint density at radius 1 is 1.64 bits per heavy atom. The van der Waals surface area contributed by atoms with Crippen molar-refractivity contribution < 1.29 is 9.90 Å². The van der Waals surface area contributed by atoms with Gasteiger partial charge < -0.3 is 10.0 Å². The summed E-state index contributed by atoms with van der Waals surface area (Å²) in [5.74, 6) is -0.874. The number of carbonyl (C=O) groups is 1. The number of anilines is 1. The Morgan fingerprint density at radius 3 is 2.57 bits per heavy atom. The number of thiophene rings is 1. The molecule has 0 aliphatic heterocycles. The van der Waals surface area contributed by atoms with E-state index in [1.807, 2.05) is 25.8 Å². The maximum absolute atomic E-state index is 10.9. The van der Waals surface area contributed by atoms with Crippen molar-refractivity contribution in [3.63, 3.8) is 0 Å². The van der Waals surface area contributed by atoms with Gasteiger partial charge in [-0.3, -0.25) is 0 Å². The fourth-order valence-electron chi connectivity index (χ4n) is 1.22. The second kappa shape index (κ2) is 4.31. The summed E-state index contributed by atoms with van der Waals surface area (Å²) in [6.45, 7) is 4.74. The fourth-order valence-corrected chi connectivity index (χ4v) is 3.20. The van der Waals surface area contributed by atoms with Crippen LogP contribution in [0.1, 0.15) is 22.8 Å². The number of aromatic carboxylic acids is 1. The number of rotatable bonds is 3. The molecule has 1 N–H and O–H groups in total. The Labute approximate surface area is 95.5 Å². The summed E-state index contributed by atoms with van der Waals surface area (Å²) in [6.07, 6.45) is 0. The van der Waals surface area contributed by atoms with E-state index in [0.717, 1.165) is 17.1 Å². The van der Waals surface area contributed by atoms with Crippen LogP contribution in [0.2, 0.25) is 0 Å². The second-order valence-corrected chi connectivity index (χ2v) is 5.32. The molecule has 0 amide bonds. The van der Waals surface area contributed by atoms with Gasteiger partial charge in [-0.05, 0) is 35.3 Å². The van der Waals surface area contributed by atoms with E-state index in [0.29, 0.717) is 9.35 Å². The summed E-state index contributed by atoms with van der Waals surface area (Å²) in [5, 5.41) is 9.98. The lowest BCUT2D eigenvalue weighted by molar-refractivity contribution is 0.0696. The molecule has 14 heavy (non-hydrogen) atoms. The van der Waals surface area contributed by atoms with Crippen molar-refractivity contribution in [2.45, 2.75) is 13.8 Å². The maximum atomic E-state index is 10.9. The molecule has 3 nitrogen and oxygen atoms in total. The Bertz CT molecular complexity index is 362. The summed E-state index contributed by atoms with van der Waals surface area (Å²) in [7, 11) is 1.96. The molecule has 0 aliphatic rings. The van der Waals surface area contributed by atoms with Crippen LogP contribution in [0.3, 0.4) is 0 Å². The molecule has 0 spiro atoms. The predicted octanol–water partition coefficient (Wildman–Crippen LogP) is 2.97. The van der Waals surface area contributed by atoms with Gasteiger partial charge in [-0.2, -0.15) is 0 Å². The van der Waals surface area contributed by atoms with E-state index in [-0.39, 0.29) is 0 Å². The highest BCUT2D eigenvalue weighted by Gasteiger charge is 2.20. The monoisotopic (exact) mass is 277 g/mol. The van der Waals surface area contributed by atoms with E-state index >= 15 is 0 Å². The Kier molecular flexibility index (Phi) is 3.55. The molecular formula is C9H12BrNO2S. The molecule has 1 rings (SSSR count). The van der Waals surface area contributed by atoms with Crippen molar-refractivity contribution in [2.24, 2.45) is 0 Å². The molecule has 0 fully saturated rings. The lowest BCUT2D eigenvalue weighted by Crippen LogP contribution is -2.15. The summed E-state index contributed by atoms with van der Waals surface area (Å²) in [6, 6.07) is 0. The number of hydrogen-bond donors (Lipinski definition) is 1. The first kappa shape index (κ1) is 11.5. The highest BCUT2D eigenvalue weighted by atomic mass is 79.9. The third-order valence-electron chi connectivity index (χ3n) is 2.11. The molecule has 1 aromatic heterocycles. The normalized spacial score (nSPS) is 10.3. The summed E-state index contributed by atoms with van der Waals surface area (Å²) in [5.41, 5.74) is 1.21. The van der Waals surface area contributed by atoms with Gasteiger partial charge in [0.15, 0.2) is 0 Å². The predicted molar refractivity (Wildman–Crippen MR) is 62.7 cm³/mol. The molecule has 1 heterocycles. The molecule has 0 aromatic carbocycles. The van der Waals surface area contributed by atoms with Crippen LogP contribution in [0, 0.1) is 6.92 Å². The number of nitrogens with zero attached hydrogens (tertiary/aromatic N) is 1. The quantitative estimate of drug-likeness (QED) is 0.924. The average molecular weight is 278 g/mol. The van der Waals surface area contributed by atoms with E-state index in [2.05, 4.69) is 15.9 Å². The lowest BCUT2D eigenvalue weighted by Gasteiger charge is -2.15. The Hall–Kier alpha value is -0.550. The number of carboxylic acids is 1. The fraction of sp³-hybridized carbons (Fsp3) is 0.444. The third kappa shape index (κ3) is 1.93. The van der Waals surface area contributed by atoms with Gasteiger partial charge in [0.2, 0.25) is 0 Å². The van der Waals surface area contributed by atoms with Gasteiger partial charge in [-0.25, -0.2) is 4.79 Å². The number of hydrogen-bond acceptors (Lipinski definition) is 3. The zero-order valence-electron chi connectivity index (χ0n) is 8.30. The minimum Gasteiger partial charge on any atom is -0.478 e. The molecule has 0 bridgehead atoms. The molecule has 0 radical (unpaired) electrons. The maximum Gasteiger partial charge on any atom is 0.338 e. The molecule has 78 valence electrons. The first-order valence-corrected chi connectivity index (χ1v) is 5.83. The Morgan fingerprint density at radius 2 is 2.21 bits per heavy atom. The van der Waals surface area contributed by atoms with Crippen LogP contribution < -0.4 is 4.90 Å². The minimum absolute atomic E-state index is 0.380. The van der Waals surface area contributed by atoms with E-state index in [1.165, 1.54) is 11.3 Å².